The number of hydrogen-bond donors (Lipinski definition) is 0. The Morgan fingerprint density at radius 1 is 0.800 bits per heavy atom. The molecule has 0 saturated carbocycles. The summed E-state index contributed by atoms with van der Waals surface area (Å²) in [5, 5.41) is 0. The van der Waals surface area contributed by atoms with Gasteiger partial charge in [-0.25, -0.2) is 0 Å². The summed E-state index contributed by atoms with van der Waals surface area (Å²) >= 11 is 0. The average molecular weight is 191 g/mol. The van der Waals surface area contributed by atoms with Crippen LogP contribution in [0.2, 0.25) is 0 Å². The second kappa shape index (κ2) is 4.39. The highest BCUT2D eigenvalue weighted by molar-refractivity contribution is 5.70. The lowest BCUT2D eigenvalue weighted by Crippen LogP contribution is -1.82. The van der Waals surface area contributed by atoms with Crippen molar-refractivity contribution in [3.05, 3.63) is 67.1 Å². The molecule has 15 heavy (non-hydrogen) atoms. The van der Waals surface area contributed by atoms with Crippen molar-refractivity contribution in [2.45, 2.75) is 0 Å². The summed E-state index contributed by atoms with van der Waals surface area (Å²) in [6.45, 7) is 3.55. The lowest BCUT2D eigenvalue weighted by molar-refractivity contribution is 1.58. The second-order valence-corrected chi connectivity index (χ2v) is 3.21. The van der Waals surface area contributed by atoms with Crippen LogP contribution < -0.4 is 0 Å². The zero-order valence-corrected chi connectivity index (χ0v) is 8.40. The molecule has 0 aliphatic rings. The van der Waals surface area contributed by atoms with Crippen molar-refractivity contribution in [2.24, 2.45) is 0 Å². The second-order valence-electron chi connectivity index (χ2n) is 3.21. The zero-order chi connectivity index (χ0) is 10.5. The largest absolute Gasteiger partial charge is 0.160 e. The van der Waals surface area contributed by atoms with E-state index < -0.39 is 0 Å². The topological polar surface area (TPSA) is 0 Å². The molecule has 0 aliphatic carbocycles. The van der Waals surface area contributed by atoms with E-state index in [4.69, 9.17) is 0 Å². The van der Waals surface area contributed by atoms with Gasteiger partial charge >= 0.3 is 0 Å². The van der Waals surface area contributed by atoms with E-state index in [0.717, 1.165) is 11.1 Å². The summed E-state index contributed by atoms with van der Waals surface area (Å²) in [5.74, 6) is 5.71. The maximum absolute atomic E-state index is 3.55. The highest BCUT2D eigenvalue weighted by Gasteiger charge is 2.04. The molecule has 70 valence electrons. The fourth-order valence-corrected chi connectivity index (χ4v) is 1.56. The van der Waals surface area contributed by atoms with Crippen molar-refractivity contribution < 1.29 is 0 Å². The van der Waals surface area contributed by atoms with Crippen LogP contribution in [0, 0.1) is 18.8 Å². The normalized spacial score (nSPS) is 9.07. The van der Waals surface area contributed by atoms with Crippen molar-refractivity contribution >= 4 is 0 Å². The molecular weight excluding hydrogens is 180 g/mol. The van der Waals surface area contributed by atoms with Crippen molar-refractivity contribution in [1.82, 2.24) is 0 Å². The summed E-state index contributed by atoms with van der Waals surface area (Å²) in [6, 6.07) is 18.4. The molecule has 0 nitrogen and oxygen atoms in total. The smallest absolute Gasteiger partial charge is 0.0622 e. The van der Waals surface area contributed by atoms with E-state index in [1.165, 1.54) is 5.56 Å². The lowest BCUT2D eigenvalue weighted by Gasteiger charge is -2.00. The van der Waals surface area contributed by atoms with Crippen LogP contribution in [-0.4, -0.2) is 0 Å². The van der Waals surface area contributed by atoms with Gasteiger partial charge in [0.2, 0.25) is 0 Å². The minimum atomic E-state index is 1.03. The van der Waals surface area contributed by atoms with Gasteiger partial charge in [-0.1, -0.05) is 48.5 Å². The quantitative estimate of drug-likeness (QED) is 0.477. The van der Waals surface area contributed by atoms with Gasteiger partial charge in [0.1, 0.15) is 11.5 Å². The molecule has 0 aromatic heterocycles. The molecule has 0 bridgehead atoms. The molecule has 0 aliphatic heterocycles. The van der Waals surface area contributed by atoms with Crippen LogP contribution in [0.5, 0.6) is 0 Å². The Bertz CT molecular complexity index is 498. The number of benzene rings is 2. The molecule has 0 heteroatoms. The van der Waals surface area contributed by atoms with Gasteiger partial charge in [0.25, 0.3) is 0 Å². The summed E-state index contributed by atoms with van der Waals surface area (Å²) in [5.41, 5.74) is 3.38. The maximum Gasteiger partial charge on any atom is 0.160 e. The van der Waals surface area contributed by atoms with Gasteiger partial charge in [-0.2, -0.15) is 0 Å². The van der Waals surface area contributed by atoms with E-state index in [9.17, 15) is 0 Å². The lowest BCUT2D eigenvalue weighted by atomic mass is 10.0. The molecule has 0 fully saturated rings. The van der Waals surface area contributed by atoms with E-state index >= 15 is 0 Å². The van der Waals surface area contributed by atoms with Gasteiger partial charge in [0.05, 0.1) is 6.92 Å². The Kier molecular flexibility index (Phi) is 2.76. The highest BCUT2D eigenvalue weighted by atomic mass is 14.0. The molecule has 0 spiro atoms. The van der Waals surface area contributed by atoms with Crippen molar-refractivity contribution in [3.8, 4) is 23.0 Å². The molecule has 0 saturated heterocycles. The van der Waals surface area contributed by atoms with Gasteiger partial charge in [0, 0.05) is 5.56 Å². The first-order valence-electron chi connectivity index (χ1n) is 4.84. The Labute approximate surface area is 90.6 Å². The van der Waals surface area contributed by atoms with Gasteiger partial charge < -0.3 is 0 Å². The van der Waals surface area contributed by atoms with Crippen LogP contribution in [-0.2, 0) is 0 Å². The van der Waals surface area contributed by atoms with E-state index in [2.05, 4.69) is 37.0 Å². The zero-order valence-electron chi connectivity index (χ0n) is 8.40. The van der Waals surface area contributed by atoms with Crippen LogP contribution in [0.15, 0.2) is 54.6 Å². The molecule has 0 amide bonds. The van der Waals surface area contributed by atoms with Crippen LogP contribution in [0.3, 0.4) is 0 Å². The third-order valence-electron chi connectivity index (χ3n) is 2.23. The third-order valence-corrected chi connectivity index (χ3v) is 2.23. The molecule has 0 unspecified atom stereocenters. The van der Waals surface area contributed by atoms with Crippen molar-refractivity contribution in [2.75, 3.05) is 0 Å². The predicted octanol–water partition coefficient (Wildman–Crippen LogP) is 3.54. The summed E-state index contributed by atoms with van der Waals surface area (Å²) in [7, 11) is 0. The summed E-state index contributed by atoms with van der Waals surface area (Å²) in [6.07, 6.45) is 0. The number of hydrogen-bond acceptors (Lipinski definition) is 0. The first-order valence-corrected chi connectivity index (χ1v) is 4.84. The van der Waals surface area contributed by atoms with Gasteiger partial charge in [-0.15, -0.1) is 0 Å². The van der Waals surface area contributed by atoms with E-state index in [0.29, 0.717) is 0 Å². The standard InChI is InChI=1S/C15H11/c1-2-8-13-11-6-7-12-15(13)14-9-4-3-5-10-14/h3-7,9-12H,1H2/q+1. The van der Waals surface area contributed by atoms with Crippen LogP contribution in [0.25, 0.3) is 11.1 Å². The predicted molar refractivity (Wildman–Crippen MR) is 64.1 cm³/mol. The van der Waals surface area contributed by atoms with Crippen LogP contribution >= 0.6 is 0 Å². The molecule has 0 N–H and O–H groups in total. The van der Waals surface area contributed by atoms with Crippen LogP contribution in [0.1, 0.15) is 5.56 Å². The molecule has 0 radical (unpaired) electrons. The fraction of sp³-hybridized carbons (Fsp3) is 0. The third kappa shape index (κ3) is 2.03. The Morgan fingerprint density at radius 2 is 1.47 bits per heavy atom. The Balaban J connectivity index is 2.56. The SMILES string of the molecule is [CH2+]C#Cc1ccccc1-c1ccccc1. The monoisotopic (exact) mass is 191 g/mol. The molecule has 0 atom stereocenters. The van der Waals surface area contributed by atoms with Crippen molar-refractivity contribution in [1.29, 1.82) is 0 Å². The van der Waals surface area contributed by atoms with Gasteiger partial charge in [-0.05, 0) is 11.6 Å². The minimum Gasteiger partial charge on any atom is -0.0622 e. The maximum atomic E-state index is 3.55. The van der Waals surface area contributed by atoms with E-state index in [1.807, 2.05) is 36.4 Å². The molecule has 2 aromatic carbocycles. The summed E-state index contributed by atoms with van der Waals surface area (Å²) in [4.78, 5) is 0. The Morgan fingerprint density at radius 3 is 2.20 bits per heavy atom. The molecule has 2 aromatic rings. The number of rotatable bonds is 1. The first-order chi connectivity index (χ1) is 7.42. The first kappa shape index (κ1) is 9.43. The minimum absolute atomic E-state index is 1.03. The van der Waals surface area contributed by atoms with Gasteiger partial charge in [-0.3, -0.25) is 0 Å². The summed E-state index contributed by atoms with van der Waals surface area (Å²) < 4.78 is 0. The fourth-order valence-electron chi connectivity index (χ4n) is 1.56. The van der Waals surface area contributed by atoms with Crippen LogP contribution in [0.4, 0.5) is 0 Å². The average Bonchev–Trinajstić information content (AvgIpc) is 2.31. The molecular formula is C15H11+. The Hall–Kier alpha value is -2.13. The van der Waals surface area contributed by atoms with Crippen molar-refractivity contribution in [3.63, 3.8) is 0 Å². The molecule has 2 rings (SSSR count). The van der Waals surface area contributed by atoms with E-state index in [-0.39, 0.29) is 0 Å². The van der Waals surface area contributed by atoms with E-state index in [1.54, 1.807) is 0 Å². The van der Waals surface area contributed by atoms with Gasteiger partial charge in [0.15, 0.2) is 5.92 Å². The highest BCUT2D eigenvalue weighted by Crippen LogP contribution is 2.22. The molecule has 0 heterocycles.